The molecule has 0 aliphatic carbocycles. The summed E-state index contributed by atoms with van der Waals surface area (Å²) in [4.78, 5) is 12.2. The van der Waals surface area contributed by atoms with E-state index >= 15 is 0 Å². The van der Waals surface area contributed by atoms with Crippen molar-refractivity contribution in [3.63, 3.8) is 0 Å². The van der Waals surface area contributed by atoms with Gasteiger partial charge >= 0.3 is 5.97 Å². The molecule has 0 amide bonds. The number of carboxylic acid groups (broad SMARTS) is 1. The van der Waals surface area contributed by atoms with Crippen molar-refractivity contribution in [1.82, 2.24) is 25.5 Å². The highest BCUT2D eigenvalue weighted by Gasteiger charge is 2.36. The number of tetrazole rings is 1. The summed E-state index contributed by atoms with van der Waals surface area (Å²) in [6.45, 7) is 1.07. The zero-order valence-electron chi connectivity index (χ0n) is 7.71. The molecule has 0 bridgehead atoms. The van der Waals surface area contributed by atoms with Crippen molar-refractivity contribution in [3.8, 4) is 0 Å². The highest BCUT2D eigenvalue weighted by Crippen LogP contribution is 2.24. The highest BCUT2D eigenvalue weighted by atomic mass is 16.4. The van der Waals surface area contributed by atoms with Gasteiger partial charge in [0, 0.05) is 19.0 Å². The first kappa shape index (κ1) is 9.07. The molecule has 7 heteroatoms. The second-order valence-corrected chi connectivity index (χ2v) is 3.35. The molecule has 14 heavy (non-hydrogen) atoms. The van der Waals surface area contributed by atoms with E-state index in [9.17, 15) is 4.79 Å². The normalized spacial score (nSPS) is 26.6. The van der Waals surface area contributed by atoms with E-state index in [1.807, 2.05) is 0 Å². The minimum atomic E-state index is -0.813. The Bertz CT molecular complexity index is 350. The molecule has 0 saturated carbocycles. The maximum atomic E-state index is 10.9. The van der Waals surface area contributed by atoms with Gasteiger partial charge in [-0.2, -0.15) is 4.80 Å². The summed E-state index contributed by atoms with van der Waals surface area (Å²) in [7, 11) is 1.66. The summed E-state index contributed by atoms with van der Waals surface area (Å²) in [6, 6.07) is 0. The van der Waals surface area contributed by atoms with Gasteiger partial charge in [0.2, 0.25) is 0 Å². The molecule has 1 aromatic heterocycles. The molecule has 1 fully saturated rings. The van der Waals surface area contributed by atoms with Crippen LogP contribution in [0.3, 0.4) is 0 Å². The number of aromatic nitrogens is 4. The van der Waals surface area contributed by atoms with Crippen LogP contribution in [0.25, 0.3) is 0 Å². The smallest absolute Gasteiger partial charge is 0.308 e. The Hall–Kier alpha value is -1.50. The quantitative estimate of drug-likeness (QED) is 0.605. The Morgan fingerprint density at radius 2 is 2.43 bits per heavy atom. The maximum absolute atomic E-state index is 10.9. The van der Waals surface area contributed by atoms with E-state index in [2.05, 4.69) is 20.7 Å². The lowest BCUT2D eigenvalue weighted by molar-refractivity contribution is -0.141. The Labute approximate surface area is 80.1 Å². The summed E-state index contributed by atoms with van der Waals surface area (Å²) in [5.74, 6) is -0.919. The number of hydrogen-bond donors (Lipinski definition) is 2. The summed E-state index contributed by atoms with van der Waals surface area (Å²) < 4.78 is 0. The number of aryl methyl sites for hydroxylation is 1. The minimum Gasteiger partial charge on any atom is -0.481 e. The van der Waals surface area contributed by atoms with Gasteiger partial charge in [-0.15, -0.1) is 10.2 Å². The van der Waals surface area contributed by atoms with Gasteiger partial charge in [-0.05, 0) is 5.21 Å². The fourth-order valence-corrected chi connectivity index (χ4v) is 1.66. The van der Waals surface area contributed by atoms with Crippen LogP contribution in [-0.2, 0) is 11.8 Å². The van der Waals surface area contributed by atoms with Crippen LogP contribution in [0.2, 0.25) is 0 Å². The number of rotatable bonds is 2. The Morgan fingerprint density at radius 1 is 1.64 bits per heavy atom. The molecular formula is C7H11N5O2. The van der Waals surface area contributed by atoms with Crippen molar-refractivity contribution in [2.75, 3.05) is 13.1 Å². The molecule has 2 rings (SSSR count). The van der Waals surface area contributed by atoms with Crippen molar-refractivity contribution < 1.29 is 9.90 Å². The first-order valence-electron chi connectivity index (χ1n) is 4.36. The van der Waals surface area contributed by atoms with Crippen molar-refractivity contribution in [1.29, 1.82) is 0 Å². The largest absolute Gasteiger partial charge is 0.481 e. The van der Waals surface area contributed by atoms with Crippen molar-refractivity contribution in [2.45, 2.75) is 5.92 Å². The maximum Gasteiger partial charge on any atom is 0.308 e. The van der Waals surface area contributed by atoms with Crippen molar-refractivity contribution in [3.05, 3.63) is 5.82 Å². The average Bonchev–Trinajstić information content (AvgIpc) is 2.70. The van der Waals surface area contributed by atoms with Gasteiger partial charge in [0.1, 0.15) is 0 Å². The van der Waals surface area contributed by atoms with Crippen molar-refractivity contribution >= 4 is 5.97 Å². The molecule has 0 aromatic carbocycles. The molecule has 2 N–H and O–H groups in total. The van der Waals surface area contributed by atoms with E-state index in [1.165, 1.54) is 4.80 Å². The van der Waals surface area contributed by atoms with Gasteiger partial charge in [0.25, 0.3) is 0 Å². The zero-order chi connectivity index (χ0) is 10.1. The molecule has 2 heterocycles. The molecule has 1 saturated heterocycles. The predicted octanol–water partition coefficient (Wildman–Crippen LogP) is -1.40. The lowest BCUT2D eigenvalue weighted by Crippen LogP contribution is -2.21. The SMILES string of the molecule is Cn1nnc(C2CNCC2C(=O)O)n1. The average molecular weight is 197 g/mol. The number of aliphatic carboxylic acids is 1. The third kappa shape index (κ3) is 1.46. The molecule has 1 aliphatic heterocycles. The zero-order valence-corrected chi connectivity index (χ0v) is 7.71. The van der Waals surface area contributed by atoms with Crippen LogP contribution >= 0.6 is 0 Å². The third-order valence-corrected chi connectivity index (χ3v) is 2.39. The molecule has 2 atom stereocenters. The molecular weight excluding hydrogens is 186 g/mol. The summed E-state index contributed by atoms with van der Waals surface area (Å²) in [6.07, 6.45) is 0. The van der Waals surface area contributed by atoms with Crippen LogP contribution in [0.4, 0.5) is 0 Å². The molecule has 1 aliphatic rings. The number of carboxylic acids is 1. The molecule has 2 unspecified atom stereocenters. The van der Waals surface area contributed by atoms with E-state index in [0.717, 1.165) is 0 Å². The van der Waals surface area contributed by atoms with Gasteiger partial charge in [-0.25, -0.2) is 0 Å². The molecule has 1 aromatic rings. The van der Waals surface area contributed by atoms with E-state index in [4.69, 9.17) is 5.11 Å². The lowest BCUT2D eigenvalue weighted by atomic mass is 9.96. The fourth-order valence-electron chi connectivity index (χ4n) is 1.66. The number of hydrogen-bond acceptors (Lipinski definition) is 5. The van der Waals surface area contributed by atoms with Gasteiger partial charge in [-0.3, -0.25) is 4.79 Å². The van der Waals surface area contributed by atoms with Crippen molar-refractivity contribution in [2.24, 2.45) is 13.0 Å². The topological polar surface area (TPSA) is 92.9 Å². The Morgan fingerprint density at radius 3 is 3.00 bits per heavy atom. The van der Waals surface area contributed by atoms with Gasteiger partial charge < -0.3 is 10.4 Å². The van der Waals surface area contributed by atoms with E-state index in [1.54, 1.807) is 7.05 Å². The summed E-state index contributed by atoms with van der Waals surface area (Å²) in [5.41, 5.74) is 0. The van der Waals surface area contributed by atoms with Crippen LogP contribution in [0, 0.1) is 5.92 Å². The minimum absolute atomic E-state index is 0.166. The van der Waals surface area contributed by atoms with Gasteiger partial charge in [0.15, 0.2) is 5.82 Å². The van der Waals surface area contributed by atoms with Crippen LogP contribution in [0.1, 0.15) is 11.7 Å². The Kier molecular flexibility index (Phi) is 2.16. The Balaban J connectivity index is 2.21. The predicted molar refractivity (Wildman–Crippen MR) is 45.5 cm³/mol. The van der Waals surface area contributed by atoms with E-state index < -0.39 is 11.9 Å². The fraction of sp³-hybridized carbons (Fsp3) is 0.714. The van der Waals surface area contributed by atoms with Gasteiger partial charge in [-0.1, -0.05) is 0 Å². The molecule has 7 nitrogen and oxygen atoms in total. The van der Waals surface area contributed by atoms with Crippen LogP contribution in [0.15, 0.2) is 0 Å². The number of nitrogens with zero attached hydrogens (tertiary/aromatic N) is 4. The molecule has 76 valence electrons. The second kappa shape index (κ2) is 3.33. The number of nitrogens with one attached hydrogen (secondary N) is 1. The second-order valence-electron chi connectivity index (χ2n) is 3.35. The standard InChI is InChI=1S/C7H11N5O2/c1-12-10-6(9-11-12)4-2-8-3-5(4)7(13)14/h4-5,8H,2-3H2,1H3,(H,13,14). The van der Waals surface area contributed by atoms with Crippen LogP contribution in [-0.4, -0.2) is 44.4 Å². The summed E-state index contributed by atoms with van der Waals surface area (Å²) >= 11 is 0. The van der Waals surface area contributed by atoms with Crippen LogP contribution < -0.4 is 5.32 Å². The third-order valence-electron chi connectivity index (χ3n) is 2.39. The number of carbonyl (C=O) groups is 1. The first-order chi connectivity index (χ1) is 6.68. The van der Waals surface area contributed by atoms with E-state index in [-0.39, 0.29) is 5.92 Å². The highest BCUT2D eigenvalue weighted by molar-refractivity contribution is 5.72. The van der Waals surface area contributed by atoms with E-state index in [0.29, 0.717) is 18.9 Å². The van der Waals surface area contributed by atoms with Crippen LogP contribution in [0.5, 0.6) is 0 Å². The lowest BCUT2D eigenvalue weighted by Gasteiger charge is -2.08. The summed E-state index contributed by atoms with van der Waals surface area (Å²) in [5, 5.41) is 23.5. The first-order valence-corrected chi connectivity index (χ1v) is 4.36. The van der Waals surface area contributed by atoms with Gasteiger partial charge in [0.05, 0.1) is 13.0 Å². The molecule has 0 spiro atoms. The monoisotopic (exact) mass is 197 g/mol. The molecule has 0 radical (unpaired) electrons.